The standard InChI is InChI=1S/C20H21NO.ClH/c1-2-8-17-16(7-1)15-22-20-10-4-3-9-19(20)18(17)11-14-21-12-5-6-13-21;/h1-4,7-11H,5-6,12-15H2;1H/b18-11-;. The van der Waals surface area contributed by atoms with Crippen LogP contribution in [0.5, 0.6) is 5.75 Å². The lowest BCUT2D eigenvalue weighted by molar-refractivity contribution is 0.307. The van der Waals surface area contributed by atoms with Crippen molar-refractivity contribution < 1.29 is 4.74 Å². The van der Waals surface area contributed by atoms with Gasteiger partial charge in [-0.2, -0.15) is 0 Å². The Morgan fingerprint density at radius 2 is 1.61 bits per heavy atom. The van der Waals surface area contributed by atoms with Crippen LogP contribution in [0.3, 0.4) is 0 Å². The summed E-state index contributed by atoms with van der Waals surface area (Å²) in [7, 11) is 0. The van der Waals surface area contributed by atoms with Crippen LogP contribution < -0.4 is 4.74 Å². The van der Waals surface area contributed by atoms with Gasteiger partial charge in [-0.1, -0.05) is 48.5 Å². The monoisotopic (exact) mass is 327 g/mol. The molecule has 0 N–H and O–H groups in total. The van der Waals surface area contributed by atoms with Crippen molar-refractivity contribution in [1.29, 1.82) is 0 Å². The number of rotatable bonds is 2. The van der Waals surface area contributed by atoms with Crippen LogP contribution in [0.25, 0.3) is 5.57 Å². The molecular formula is C20H22ClNO. The second-order valence-electron chi connectivity index (χ2n) is 6.07. The van der Waals surface area contributed by atoms with Gasteiger partial charge in [-0.3, -0.25) is 4.90 Å². The van der Waals surface area contributed by atoms with Crippen molar-refractivity contribution in [3.05, 3.63) is 71.3 Å². The average molecular weight is 328 g/mol. The van der Waals surface area contributed by atoms with E-state index in [4.69, 9.17) is 4.74 Å². The summed E-state index contributed by atoms with van der Waals surface area (Å²) in [5.41, 5.74) is 5.11. The Morgan fingerprint density at radius 1 is 0.913 bits per heavy atom. The summed E-state index contributed by atoms with van der Waals surface area (Å²) in [6.45, 7) is 4.12. The molecule has 0 atom stereocenters. The largest absolute Gasteiger partial charge is 0.488 e. The van der Waals surface area contributed by atoms with Gasteiger partial charge in [0.25, 0.3) is 0 Å². The summed E-state index contributed by atoms with van der Waals surface area (Å²) in [5.74, 6) is 0.992. The third kappa shape index (κ3) is 3.29. The lowest BCUT2D eigenvalue weighted by atomic mass is 9.94. The van der Waals surface area contributed by atoms with Gasteiger partial charge in [-0.15, -0.1) is 12.4 Å². The Labute approximate surface area is 144 Å². The highest BCUT2D eigenvalue weighted by Gasteiger charge is 2.19. The maximum Gasteiger partial charge on any atom is 0.127 e. The number of para-hydroxylation sites is 1. The van der Waals surface area contributed by atoms with Gasteiger partial charge < -0.3 is 4.74 Å². The molecule has 1 saturated heterocycles. The molecular weight excluding hydrogens is 306 g/mol. The molecule has 2 nitrogen and oxygen atoms in total. The van der Waals surface area contributed by atoms with E-state index >= 15 is 0 Å². The Bertz CT molecular complexity index is 655. The molecule has 3 heteroatoms. The van der Waals surface area contributed by atoms with Crippen LogP contribution in [0.1, 0.15) is 29.5 Å². The first-order valence-electron chi connectivity index (χ1n) is 8.15. The van der Waals surface area contributed by atoms with Crippen molar-refractivity contribution in [3.8, 4) is 5.75 Å². The molecule has 0 aliphatic carbocycles. The Kier molecular flexibility index (Phi) is 5.04. The number of halogens is 1. The fourth-order valence-electron chi connectivity index (χ4n) is 3.43. The number of hydrogen-bond donors (Lipinski definition) is 0. The molecule has 0 spiro atoms. The minimum Gasteiger partial charge on any atom is -0.488 e. The van der Waals surface area contributed by atoms with Crippen molar-refractivity contribution in [1.82, 2.24) is 4.90 Å². The van der Waals surface area contributed by atoms with Gasteiger partial charge in [-0.05, 0) is 48.7 Å². The van der Waals surface area contributed by atoms with Gasteiger partial charge in [0.15, 0.2) is 0 Å². The maximum atomic E-state index is 6.02. The third-order valence-corrected chi connectivity index (χ3v) is 4.62. The zero-order valence-corrected chi connectivity index (χ0v) is 14.0. The lowest BCUT2D eigenvalue weighted by Gasteiger charge is -2.15. The summed E-state index contributed by atoms with van der Waals surface area (Å²) < 4.78 is 6.02. The van der Waals surface area contributed by atoms with Gasteiger partial charge >= 0.3 is 0 Å². The molecule has 23 heavy (non-hydrogen) atoms. The maximum absolute atomic E-state index is 6.02. The number of hydrogen-bond acceptors (Lipinski definition) is 2. The van der Waals surface area contributed by atoms with E-state index in [9.17, 15) is 0 Å². The molecule has 2 aliphatic rings. The van der Waals surface area contributed by atoms with Crippen molar-refractivity contribution in [3.63, 3.8) is 0 Å². The van der Waals surface area contributed by atoms with Crippen LogP contribution in [0.4, 0.5) is 0 Å². The summed E-state index contributed by atoms with van der Waals surface area (Å²) >= 11 is 0. The Balaban J connectivity index is 0.00000156. The molecule has 0 radical (unpaired) electrons. The fourth-order valence-corrected chi connectivity index (χ4v) is 3.43. The first kappa shape index (κ1) is 16.1. The molecule has 4 rings (SSSR count). The third-order valence-electron chi connectivity index (χ3n) is 4.62. The summed E-state index contributed by atoms with van der Waals surface area (Å²) in [4.78, 5) is 2.53. The van der Waals surface area contributed by atoms with Gasteiger partial charge in [0.1, 0.15) is 12.4 Å². The predicted molar refractivity (Wildman–Crippen MR) is 97.2 cm³/mol. The van der Waals surface area contributed by atoms with E-state index in [1.807, 2.05) is 6.07 Å². The molecule has 2 heterocycles. The van der Waals surface area contributed by atoms with Gasteiger partial charge in [0, 0.05) is 12.1 Å². The number of ether oxygens (including phenoxy) is 1. The smallest absolute Gasteiger partial charge is 0.127 e. The molecule has 1 fully saturated rings. The van der Waals surface area contributed by atoms with Crippen molar-refractivity contribution >= 4 is 18.0 Å². The first-order chi connectivity index (χ1) is 10.9. The van der Waals surface area contributed by atoms with E-state index < -0.39 is 0 Å². The minimum absolute atomic E-state index is 0. The van der Waals surface area contributed by atoms with Crippen molar-refractivity contribution in [2.45, 2.75) is 19.4 Å². The van der Waals surface area contributed by atoms with E-state index in [0.717, 1.165) is 12.3 Å². The first-order valence-corrected chi connectivity index (χ1v) is 8.15. The molecule has 0 bridgehead atoms. The average Bonchev–Trinajstić information content (AvgIpc) is 3.03. The molecule has 0 unspecified atom stereocenters. The fraction of sp³-hybridized carbons (Fsp3) is 0.300. The highest BCUT2D eigenvalue weighted by atomic mass is 35.5. The molecule has 2 aromatic rings. The number of nitrogens with zero attached hydrogens (tertiary/aromatic N) is 1. The SMILES string of the molecule is C(/CN1CCCC1)=C1\c2ccccc2COc2ccccc21.Cl. The van der Waals surface area contributed by atoms with Crippen LogP contribution in [0, 0.1) is 0 Å². The van der Waals surface area contributed by atoms with Crippen LogP contribution >= 0.6 is 12.4 Å². The van der Waals surface area contributed by atoms with Crippen LogP contribution in [0.2, 0.25) is 0 Å². The number of benzene rings is 2. The Morgan fingerprint density at radius 3 is 2.43 bits per heavy atom. The van der Waals surface area contributed by atoms with E-state index in [2.05, 4.69) is 53.4 Å². The van der Waals surface area contributed by atoms with E-state index in [-0.39, 0.29) is 12.4 Å². The van der Waals surface area contributed by atoms with Gasteiger partial charge in [0.05, 0.1) is 0 Å². The highest BCUT2D eigenvalue weighted by Crippen LogP contribution is 2.36. The number of likely N-dealkylation sites (tertiary alicyclic amines) is 1. The zero-order chi connectivity index (χ0) is 14.8. The molecule has 0 saturated carbocycles. The molecule has 2 aromatic carbocycles. The van der Waals surface area contributed by atoms with Gasteiger partial charge in [0.2, 0.25) is 0 Å². The summed E-state index contributed by atoms with van der Waals surface area (Å²) in [5, 5.41) is 0. The predicted octanol–water partition coefficient (Wildman–Crippen LogP) is 4.53. The minimum atomic E-state index is 0. The van der Waals surface area contributed by atoms with Crippen LogP contribution in [-0.2, 0) is 6.61 Å². The van der Waals surface area contributed by atoms with Crippen LogP contribution in [-0.4, -0.2) is 24.5 Å². The van der Waals surface area contributed by atoms with Crippen molar-refractivity contribution in [2.24, 2.45) is 0 Å². The van der Waals surface area contributed by atoms with Crippen LogP contribution in [0.15, 0.2) is 54.6 Å². The normalized spacial score (nSPS) is 18.5. The second kappa shape index (κ2) is 7.20. The Hall–Kier alpha value is -1.77. The topological polar surface area (TPSA) is 12.5 Å². The lowest BCUT2D eigenvalue weighted by Crippen LogP contribution is -2.19. The highest BCUT2D eigenvalue weighted by molar-refractivity contribution is 5.85. The summed E-state index contributed by atoms with van der Waals surface area (Å²) in [6, 6.07) is 17.0. The molecule has 0 aromatic heterocycles. The van der Waals surface area contributed by atoms with E-state index in [1.54, 1.807) is 0 Å². The molecule has 2 aliphatic heterocycles. The molecule has 120 valence electrons. The van der Waals surface area contributed by atoms with Gasteiger partial charge in [-0.25, -0.2) is 0 Å². The van der Waals surface area contributed by atoms with E-state index in [0.29, 0.717) is 6.61 Å². The van der Waals surface area contributed by atoms with Crippen molar-refractivity contribution in [2.75, 3.05) is 19.6 Å². The zero-order valence-electron chi connectivity index (χ0n) is 13.2. The second-order valence-corrected chi connectivity index (χ2v) is 6.07. The van der Waals surface area contributed by atoms with E-state index in [1.165, 1.54) is 48.2 Å². The number of fused-ring (bicyclic) bond motifs is 2. The molecule has 0 amide bonds. The quantitative estimate of drug-likeness (QED) is 0.803. The summed E-state index contributed by atoms with van der Waals surface area (Å²) in [6.07, 6.45) is 5.05.